The van der Waals surface area contributed by atoms with Gasteiger partial charge in [-0.15, -0.1) is 6.58 Å². The van der Waals surface area contributed by atoms with Crippen LogP contribution in [-0.2, 0) is 16.1 Å². The number of likely N-dealkylation sites (tertiary alicyclic amines) is 1. The molecular weight excluding hydrogens is 323 g/mol. The normalized spacial score (nSPS) is 17.4. The van der Waals surface area contributed by atoms with Crippen molar-refractivity contribution in [2.75, 3.05) is 19.7 Å². The van der Waals surface area contributed by atoms with Crippen molar-refractivity contribution in [2.24, 2.45) is 0 Å². The van der Waals surface area contributed by atoms with Gasteiger partial charge in [-0.1, -0.05) is 36.4 Å². The third kappa shape index (κ3) is 4.29. The Morgan fingerprint density at radius 1 is 1.25 bits per heavy atom. The zero-order chi connectivity index (χ0) is 17.6. The van der Waals surface area contributed by atoms with Crippen LogP contribution in [0.15, 0.2) is 43.0 Å². The van der Waals surface area contributed by atoms with Crippen LogP contribution in [0.2, 0.25) is 0 Å². The Hall–Kier alpha value is -2.02. The second-order valence-electron chi connectivity index (χ2n) is 5.62. The number of hydrogen-bond acceptors (Lipinski definition) is 3. The number of rotatable bonds is 5. The molecule has 2 rings (SSSR count). The van der Waals surface area contributed by atoms with Crippen molar-refractivity contribution in [1.29, 1.82) is 0 Å². The molecule has 1 aliphatic heterocycles. The first-order valence-corrected chi connectivity index (χ1v) is 7.65. The van der Waals surface area contributed by atoms with Crippen molar-refractivity contribution in [3.05, 3.63) is 48.6 Å². The van der Waals surface area contributed by atoms with Gasteiger partial charge in [0.25, 0.3) is 0 Å². The molecule has 1 saturated heterocycles. The first-order chi connectivity index (χ1) is 11.4. The molecule has 0 aliphatic carbocycles. The first kappa shape index (κ1) is 18.3. The number of hydrogen-bond donors (Lipinski definition) is 0. The predicted molar refractivity (Wildman–Crippen MR) is 82.4 cm³/mol. The lowest BCUT2D eigenvalue weighted by Gasteiger charge is -2.41. The molecule has 24 heavy (non-hydrogen) atoms. The smallest absolute Gasteiger partial charge is 0.417 e. The van der Waals surface area contributed by atoms with Gasteiger partial charge in [0.05, 0.1) is 6.61 Å². The van der Waals surface area contributed by atoms with Crippen LogP contribution in [0, 0.1) is 0 Å². The lowest BCUT2D eigenvalue weighted by Crippen LogP contribution is -2.56. The van der Waals surface area contributed by atoms with Crippen LogP contribution < -0.4 is 0 Å². The fourth-order valence-corrected chi connectivity index (χ4v) is 2.59. The van der Waals surface area contributed by atoms with Crippen molar-refractivity contribution in [3.63, 3.8) is 0 Å². The molecule has 1 aromatic carbocycles. The SMILES string of the molecule is C=CCOC1(C(F)(F)F)CCN(C(=O)OCc2ccccc2)CC1. The molecule has 0 bridgehead atoms. The van der Waals surface area contributed by atoms with Crippen molar-refractivity contribution in [3.8, 4) is 0 Å². The molecule has 1 heterocycles. The summed E-state index contributed by atoms with van der Waals surface area (Å²) in [5, 5.41) is 0. The van der Waals surface area contributed by atoms with Crippen molar-refractivity contribution in [1.82, 2.24) is 4.90 Å². The molecule has 0 spiro atoms. The van der Waals surface area contributed by atoms with E-state index in [2.05, 4.69) is 6.58 Å². The van der Waals surface area contributed by atoms with Crippen LogP contribution in [0.5, 0.6) is 0 Å². The molecule has 0 N–H and O–H groups in total. The minimum Gasteiger partial charge on any atom is -0.445 e. The van der Waals surface area contributed by atoms with Gasteiger partial charge >= 0.3 is 12.3 Å². The zero-order valence-corrected chi connectivity index (χ0v) is 13.2. The molecule has 0 aromatic heterocycles. The number of nitrogens with zero attached hydrogens (tertiary/aromatic N) is 1. The summed E-state index contributed by atoms with van der Waals surface area (Å²) in [4.78, 5) is 13.3. The van der Waals surface area contributed by atoms with E-state index in [1.807, 2.05) is 18.2 Å². The van der Waals surface area contributed by atoms with Gasteiger partial charge in [0.1, 0.15) is 6.61 Å². The predicted octanol–water partition coefficient (Wildman–Crippen LogP) is 3.92. The third-order valence-corrected chi connectivity index (χ3v) is 4.03. The van der Waals surface area contributed by atoms with Gasteiger partial charge in [0.2, 0.25) is 0 Å². The Bertz CT molecular complexity index is 552. The molecule has 0 unspecified atom stereocenters. The number of alkyl halides is 3. The van der Waals surface area contributed by atoms with E-state index in [0.29, 0.717) is 0 Å². The molecule has 0 radical (unpaired) electrons. The summed E-state index contributed by atoms with van der Waals surface area (Å²) in [6, 6.07) is 9.09. The Balaban J connectivity index is 1.90. The minimum absolute atomic E-state index is 0.0652. The molecule has 1 aliphatic rings. The van der Waals surface area contributed by atoms with E-state index in [9.17, 15) is 18.0 Å². The molecule has 7 heteroatoms. The number of carbonyl (C=O) groups is 1. The fraction of sp³-hybridized carbons (Fsp3) is 0.471. The Labute approximate surface area is 138 Å². The van der Waals surface area contributed by atoms with Gasteiger partial charge in [0, 0.05) is 25.9 Å². The average molecular weight is 343 g/mol. The van der Waals surface area contributed by atoms with E-state index in [0.717, 1.165) is 5.56 Å². The van der Waals surface area contributed by atoms with E-state index in [-0.39, 0.29) is 39.1 Å². The van der Waals surface area contributed by atoms with E-state index in [1.165, 1.54) is 11.0 Å². The van der Waals surface area contributed by atoms with Crippen LogP contribution in [0.1, 0.15) is 18.4 Å². The minimum atomic E-state index is -4.49. The van der Waals surface area contributed by atoms with Crippen molar-refractivity contribution < 1.29 is 27.4 Å². The molecular formula is C17H20F3NO3. The second-order valence-corrected chi connectivity index (χ2v) is 5.62. The third-order valence-electron chi connectivity index (χ3n) is 4.03. The van der Waals surface area contributed by atoms with Crippen LogP contribution >= 0.6 is 0 Å². The number of carbonyl (C=O) groups excluding carboxylic acids is 1. The number of halogens is 3. The van der Waals surface area contributed by atoms with Gasteiger partial charge in [-0.2, -0.15) is 13.2 Å². The Morgan fingerprint density at radius 2 is 1.88 bits per heavy atom. The van der Waals surface area contributed by atoms with Crippen LogP contribution in [0.25, 0.3) is 0 Å². The van der Waals surface area contributed by atoms with Crippen molar-refractivity contribution >= 4 is 6.09 Å². The Kier molecular flexibility index (Phi) is 5.88. The first-order valence-electron chi connectivity index (χ1n) is 7.65. The summed E-state index contributed by atoms with van der Waals surface area (Å²) in [6.45, 7) is 3.16. The summed E-state index contributed by atoms with van der Waals surface area (Å²) >= 11 is 0. The highest BCUT2D eigenvalue weighted by Gasteiger charge is 2.57. The van der Waals surface area contributed by atoms with Crippen LogP contribution in [-0.4, -0.2) is 42.5 Å². The molecule has 1 aromatic rings. The van der Waals surface area contributed by atoms with E-state index < -0.39 is 17.9 Å². The maximum atomic E-state index is 13.3. The zero-order valence-electron chi connectivity index (χ0n) is 13.2. The van der Waals surface area contributed by atoms with Gasteiger partial charge < -0.3 is 14.4 Å². The van der Waals surface area contributed by atoms with Crippen LogP contribution in [0.4, 0.5) is 18.0 Å². The molecule has 4 nitrogen and oxygen atoms in total. The van der Waals surface area contributed by atoms with Gasteiger partial charge in [-0.3, -0.25) is 0 Å². The standard InChI is InChI=1S/C17H20F3NO3/c1-2-12-24-16(17(18,19)20)8-10-21(11-9-16)15(22)23-13-14-6-4-3-5-7-14/h2-7H,1,8-13H2. The lowest BCUT2D eigenvalue weighted by molar-refractivity contribution is -0.286. The number of piperidine rings is 1. The maximum Gasteiger partial charge on any atom is 0.417 e. The monoisotopic (exact) mass is 343 g/mol. The molecule has 1 fully saturated rings. The second kappa shape index (κ2) is 7.70. The summed E-state index contributed by atoms with van der Waals surface area (Å²) in [7, 11) is 0. The topological polar surface area (TPSA) is 38.8 Å². The summed E-state index contributed by atoms with van der Waals surface area (Å²) in [6.07, 6.45) is -4.45. The highest BCUT2D eigenvalue weighted by molar-refractivity contribution is 5.67. The Morgan fingerprint density at radius 3 is 2.42 bits per heavy atom. The molecule has 0 atom stereocenters. The molecule has 132 valence electrons. The quantitative estimate of drug-likeness (QED) is 0.761. The summed E-state index contributed by atoms with van der Waals surface area (Å²) in [5.41, 5.74) is -1.40. The molecule has 1 amide bonds. The van der Waals surface area contributed by atoms with Crippen LogP contribution in [0.3, 0.4) is 0 Å². The number of amides is 1. The van der Waals surface area contributed by atoms with Gasteiger partial charge in [-0.25, -0.2) is 4.79 Å². The maximum absolute atomic E-state index is 13.3. The average Bonchev–Trinajstić information content (AvgIpc) is 2.58. The summed E-state index contributed by atoms with van der Waals surface area (Å²) < 4.78 is 50.1. The van der Waals surface area contributed by atoms with E-state index >= 15 is 0 Å². The highest BCUT2D eigenvalue weighted by Crippen LogP contribution is 2.41. The summed E-state index contributed by atoms with van der Waals surface area (Å²) in [5.74, 6) is 0. The largest absolute Gasteiger partial charge is 0.445 e. The van der Waals surface area contributed by atoms with Gasteiger partial charge in [0.15, 0.2) is 5.60 Å². The lowest BCUT2D eigenvalue weighted by atomic mass is 9.90. The van der Waals surface area contributed by atoms with Crippen molar-refractivity contribution in [2.45, 2.75) is 31.2 Å². The number of ether oxygens (including phenoxy) is 2. The van der Waals surface area contributed by atoms with E-state index in [4.69, 9.17) is 9.47 Å². The fourth-order valence-electron chi connectivity index (χ4n) is 2.59. The molecule has 0 saturated carbocycles. The van der Waals surface area contributed by atoms with E-state index in [1.54, 1.807) is 12.1 Å². The van der Waals surface area contributed by atoms with Gasteiger partial charge in [-0.05, 0) is 5.56 Å². The number of benzene rings is 1. The highest BCUT2D eigenvalue weighted by atomic mass is 19.4.